The van der Waals surface area contributed by atoms with Crippen LogP contribution in [0.2, 0.25) is 0 Å². The Bertz CT molecular complexity index is 376. The molecule has 1 N–H and O–H groups in total. The van der Waals surface area contributed by atoms with Crippen LogP contribution in [0.1, 0.15) is 5.56 Å². The van der Waals surface area contributed by atoms with Crippen LogP contribution >= 0.6 is 0 Å². The summed E-state index contributed by atoms with van der Waals surface area (Å²) in [5, 5.41) is 10.2. The number of rotatable bonds is 0. The van der Waals surface area contributed by atoms with Crippen molar-refractivity contribution in [1.82, 2.24) is 5.01 Å². The van der Waals surface area contributed by atoms with Crippen LogP contribution in [0.25, 0.3) is 6.08 Å². The zero-order valence-corrected chi connectivity index (χ0v) is 7.07. The van der Waals surface area contributed by atoms with Gasteiger partial charge in [-0.3, -0.25) is 5.43 Å². The van der Waals surface area contributed by atoms with Crippen LogP contribution in [0.15, 0.2) is 30.3 Å². The molecule has 2 rings (SSSR count). The smallest absolute Gasteiger partial charge is 0.200 e. The molecular formula is C10H9N3. The molecule has 0 bridgehead atoms. The maximum atomic E-state index is 8.72. The molecule has 0 fully saturated rings. The van der Waals surface area contributed by atoms with E-state index < -0.39 is 0 Å². The summed E-state index contributed by atoms with van der Waals surface area (Å²) in [7, 11) is 0. The minimum Gasteiger partial charge on any atom is -0.289 e. The Hall–Kier alpha value is -1.95. The lowest BCUT2D eigenvalue weighted by Crippen LogP contribution is -2.23. The van der Waals surface area contributed by atoms with Crippen LogP contribution in [0.5, 0.6) is 0 Å². The number of hydrazine groups is 1. The zero-order valence-electron chi connectivity index (χ0n) is 7.07. The fourth-order valence-corrected chi connectivity index (χ4v) is 1.29. The minimum absolute atomic E-state index is 0.602. The van der Waals surface area contributed by atoms with E-state index in [0.717, 1.165) is 11.3 Å². The number of para-hydroxylation sites is 1. The quantitative estimate of drug-likeness (QED) is 0.605. The van der Waals surface area contributed by atoms with Gasteiger partial charge in [-0.1, -0.05) is 30.4 Å². The lowest BCUT2D eigenvalue weighted by molar-refractivity contribution is 0.522. The van der Waals surface area contributed by atoms with Gasteiger partial charge in [0.25, 0.3) is 0 Å². The van der Waals surface area contributed by atoms with Crippen molar-refractivity contribution in [2.24, 2.45) is 0 Å². The van der Waals surface area contributed by atoms with Crippen molar-refractivity contribution in [3.63, 3.8) is 0 Å². The van der Waals surface area contributed by atoms with Crippen molar-refractivity contribution in [2.45, 2.75) is 0 Å². The topological polar surface area (TPSA) is 39.1 Å². The van der Waals surface area contributed by atoms with Gasteiger partial charge in [-0.2, -0.15) is 5.26 Å². The Morgan fingerprint density at radius 3 is 3.08 bits per heavy atom. The van der Waals surface area contributed by atoms with E-state index in [-0.39, 0.29) is 0 Å². The molecular weight excluding hydrogens is 162 g/mol. The van der Waals surface area contributed by atoms with Crippen LogP contribution in [0.4, 0.5) is 5.69 Å². The molecule has 1 aliphatic heterocycles. The first kappa shape index (κ1) is 7.69. The second kappa shape index (κ2) is 3.20. The summed E-state index contributed by atoms with van der Waals surface area (Å²) in [6.07, 6.45) is 6.03. The molecule has 0 unspecified atom stereocenters. The molecule has 0 amide bonds. The Morgan fingerprint density at radius 2 is 2.23 bits per heavy atom. The van der Waals surface area contributed by atoms with Gasteiger partial charge in [0.2, 0.25) is 0 Å². The molecule has 1 aliphatic rings. The third-order valence-electron chi connectivity index (χ3n) is 1.92. The van der Waals surface area contributed by atoms with E-state index in [1.54, 1.807) is 0 Å². The van der Waals surface area contributed by atoms with Gasteiger partial charge in [0, 0.05) is 0 Å². The predicted octanol–water partition coefficient (Wildman–Crippen LogP) is 1.82. The molecule has 1 aromatic carbocycles. The molecule has 3 nitrogen and oxygen atoms in total. The number of nitrogens with one attached hydrogen (secondary N) is 1. The van der Waals surface area contributed by atoms with Crippen molar-refractivity contribution in [2.75, 3.05) is 12.0 Å². The molecule has 1 aromatic rings. The van der Waals surface area contributed by atoms with Gasteiger partial charge in [-0.05, 0) is 11.6 Å². The zero-order chi connectivity index (χ0) is 9.10. The molecule has 0 saturated heterocycles. The summed E-state index contributed by atoms with van der Waals surface area (Å²) in [5.41, 5.74) is 5.10. The van der Waals surface area contributed by atoms with E-state index in [4.69, 9.17) is 5.26 Å². The first-order chi connectivity index (χ1) is 6.40. The second-order valence-electron chi connectivity index (χ2n) is 2.81. The molecule has 0 radical (unpaired) electrons. The number of hydrogen-bond acceptors (Lipinski definition) is 3. The van der Waals surface area contributed by atoms with E-state index in [1.807, 2.05) is 36.4 Å². The monoisotopic (exact) mass is 171 g/mol. The number of benzene rings is 1. The Morgan fingerprint density at radius 1 is 1.38 bits per heavy atom. The molecule has 3 heteroatoms. The fraction of sp³-hybridized carbons (Fsp3) is 0.100. The second-order valence-corrected chi connectivity index (χ2v) is 2.81. The first-order valence-corrected chi connectivity index (χ1v) is 4.09. The molecule has 0 spiro atoms. The van der Waals surface area contributed by atoms with E-state index in [9.17, 15) is 0 Å². The standard InChI is InChI=1S/C10H9N3/c11-8-13-7-3-5-9-4-1-2-6-10(9)12-13/h1-6,12H,7H2. The largest absolute Gasteiger partial charge is 0.289 e. The highest BCUT2D eigenvalue weighted by atomic mass is 15.5. The minimum atomic E-state index is 0.602. The van der Waals surface area contributed by atoms with Gasteiger partial charge in [-0.15, -0.1) is 0 Å². The van der Waals surface area contributed by atoms with Gasteiger partial charge in [0.15, 0.2) is 6.19 Å². The molecule has 1 heterocycles. The van der Waals surface area contributed by atoms with E-state index in [1.165, 1.54) is 5.01 Å². The lowest BCUT2D eigenvalue weighted by atomic mass is 10.2. The SMILES string of the molecule is N#CN1CC=Cc2ccccc2N1. The first-order valence-electron chi connectivity index (χ1n) is 4.09. The van der Waals surface area contributed by atoms with E-state index in [0.29, 0.717) is 6.54 Å². The highest BCUT2D eigenvalue weighted by Gasteiger charge is 2.05. The van der Waals surface area contributed by atoms with Gasteiger partial charge in [-0.25, -0.2) is 5.01 Å². The summed E-state index contributed by atoms with van der Waals surface area (Å²) < 4.78 is 0. The van der Waals surface area contributed by atoms with Crippen molar-refractivity contribution in [3.05, 3.63) is 35.9 Å². The van der Waals surface area contributed by atoms with Gasteiger partial charge in [0.1, 0.15) is 0 Å². The molecule has 13 heavy (non-hydrogen) atoms. The maximum Gasteiger partial charge on any atom is 0.200 e. The Balaban J connectivity index is 2.38. The van der Waals surface area contributed by atoms with Gasteiger partial charge in [0.05, 0.1) is 12.2 Å². The highest BCUT2D eigenvalue weighted by Crippen LogP contribution is 2.19. The summed E-state index contributed by atoms with van der Waals surface area (Å²) in [6, 6.07) is 7.89. The van der Waals surface area contributed by atoms with Crippen molar-refractivity contribution >= 4 is 11.8 Å². The molecule has 0 aliphatic carbocycles. The predicted molar refractivity (Wildman–Crippen MR) is 51.4 cm³/mol. The average Bonchev–Trinajstić information content (AvgIpc) is 2.38. The van der Waals surface area contributed by atoms with Crippen LogP contribution in [-0.4, -0.2) is 11.6 Å². The summed E-state index contributed by atoms with van der Waals surface area (Å²) in [5.74, 6) is 0. The Kier molecular flexibility index (Phi) is 1.89. The maximum absolute atomic E-state index is 8.72. The number of fused-ring (bicyclic) bond motifs is 1. The fourth-order valence-electron chi connectivity index (χ4n) is 1.29. The summed E-state index contributed by atoms with van der Waals surface area (Å²) >= 11 is 0. The van der Waals surface area contributed by atoms with Crippen LogP contribution < -0.4 is 5.43 Å². The van der Waals surface area contributed by atoms with Gasteiger partial charge < -0.3 is 0 Å². The molecule has 0 atom stereocenters. The van der Waals surface area contributed by atoms with Gasteiger partial charge >= 0.3 is 0 Å². The number of nitriles is 1. The van der Waals surface area contributed by atoms with Crippen LogP contribution in [0.3, 0.4) is 0 Å². The molecule has 0 aromatic heterocycles. The number of hydrogen-bond donors (Lipinski definition) is 1. The summed E-state index contributed by atoms with van der Waals surface area (Å²) in [4.78, 5) is 0. The van der Waals surface area contributed by atoms with E-state index >= 15 is 0 Å². The third kappa shape index (κ3) is 1.47. The lowest BCUT2D eigenvalue weighted by Gasteiger charge is -2.14. The average molecular weight is 171 g/mol. The number of anilines is 1. The third-order valence-corrected chi connectivity index (χ3v) is 1.92. The molecule has 64 valence electrons. The highest BCUT2D eigenvalue weighted by molar-refractivity contribution is 5.67. The van der Waals surface area contributed by atoms with Crippen molar-refractivity contribution in [1.29, 1.82) is 5.26 Å². The summed E-state index contributed by atoms with van der Waals surface area (Å²) in [6.45, 7) is 0.602. The number of nitrogens with zero attached hydrogens (tertiary/aromatic N) is 2. The van der Waals surface area contributed by atoms with E-state index in [2.05, 4.69) is 11.6 Å². The normalized spacial score (nSPS) is 13.9. The Labute approximate surface area is 76.9 Å². The van der Waals surface area contributed by atoms with Crippen LogP contribution in [-0.2, 0) is 0 Å². The van der Waals surface area contributed by atoms with Crippen molar-refractivity contribution in [3.8, 4) is 6.19 Å². The van der Waals surface area contributed by atoms with Crippen molar-refractivity contribution < 1.29 is 0 Å². The van der Waals surface area contributed by atoms with Crippen LogP contribution in [0, 0.1) is 11.5 Å². The molecule has 0 saturated carbocycles.